The third kappa shape index (κ3) is 3.78. The van der Waals surface area contributed by atoms with E-state index in [4.69, 9.17) is 23.2 Å². The lowest BCUT2D eigenvalue weighted by atomic mass is 9.86. The third-order valence-corrected chi connectivity index (χ3v) is 6.99. The van der Waals surface area contributed by atoms with Crippen LogP contribution in [0.15, 0.2) is 65.9 Å². The first-order valence-electron chi connectivity index (χ1n) is 10.6. The fourth-order valence-electron chi connectivity index (χ4n) is 4.61. The molecule has 1 aromatic heterocycles. The minimum atomic E-state index is -0.433. The molecule has 1 saturated heterocycles. The van der Waals surface area contributed by atoms with Crippen molar-refractivity contribution in [2.75, 3.05) is 31.1 Å². The summed E-state index contributed by atoms with van der Waals surface area (Å²) in [5.41, 5.74) is 2.86. The Balaban J connectivity index is 1.43. The molecule has 6 nitrogen and oxygen atoms in total. The van der Waals surface area contributed by atoms with Crippen LogP contribution in [-0.4, -0.2) is 52.2 Å². The number of aliphatic imine (C=N–C) groups is 1. The van der Waals surface area contributed by atoms with E-state index in [0.29, 0.717) is 29.1 Å². The summed E-state index contributed by atoms with van der Waals surface area (Å²) in [5.74, 6) is 0.239. The molecule has 2 atom stereocenters. The van der Waals surface area contributed by atoms with Crippen molar-refractivity contribution in [2.24, 2.45) is 10.9 Å². The van der Waals surface area contributed by atoms with E-state index in [0.717, 1.165) is 24.4 Å². The lowest BCUT2D eigenvalue weighted by molar-refractivity contribution is -0.134. The number of anilines is 1. The maximum Gasteiger partial charge on any atom is 0.233 e. The van der Waals surface area contributed by atoms with Gasteiger partial charge in [0.2, 0.25) is 11.9 Å². The van der Waals surface area contributed by atoms with Crippen LogP contribution in [0.1, 0.15) is 18.5 Å². The number of amides is 1. The van der Waals surface area contributed by atoms with Gasteiger partial charge in [0.15, 0.2) is 0 Å². The summed E-state index contributed by atoms with van der Waals surface area (Å²) in [6.07, 6.45) is 3.58. The van der Waals surface area contributed by atoms with Crippen molar-refractivity contribution in [3.63, 3.8) is 0 Å². The van der Waals surface area contributed by atoms with E-state index in [9.17, 15) is 4.79 Å². The number of benzene rings is 2. The highest BCUT2D eigenvalue weighted by atomic mass is 35.5. The number of carbonyl (C=O) groups excluding carboxylic acids is 1. The van der Waals surface area contributed by atoms with Gasteiger partial charge in [-0.25, -0.2) is 9.98 Å². The van der Waals surface area contributed by atoms with Gasteiger partial charge in [0.05, 0.1) is 16.1 Å². The largest absolute Gasteiger partial charge is 0.368 e. The summed E-state index contributed by atoms with van der Waals surface area (Å²) >= 11 is 12.5. The summed E-state index contributed by atoms with van der Waals surface area (Å²) < 4.78 is 1.95. The Morgan fingerprint density at radius 2 is 1.75 bits per heavy atom. The Bertz CT molecular complexity index is 1170. The number of fused-ring (bicyclic) bond motifs is 1. The monoisotopic (exact) mass is 467 g/mol. The SMILES string of the molecule is CC1=Nc2nccn2C(c2ccc(Cl)c(Cl)c2)C1C(=O)N1CCN(c2ccccc2)CC1. The molecule has 3 aromatic rings. The van der Waals surface area contributed by atoms with E-state index in [1.54, 1.807) is 12.3 Å². The summed E-state index contributed by atoms with van der Waals surface area (Å²) in [4.78, 5) is 27.1. The normalized spacial score (nSPS) is 20.7. The number of hydrogen-bond donors (Lipinski definition) is 0. The van der Waals surface area contributed by atoms with Gasteiger partial charge in [-0.15, -0.1) is 0 Å². The lowest BCUT2D eigenvalue weighted by Crippen LogP contribution is -2.53. The molecule has 32 heavy (non-hydrogen) atoms. The molecule has 2 aliphatic rings. The van der Waals surface area contributed by atoms with Crippen molar-refractivity contribution in [1.82, 2.24) is 14.5 Å². The highest BCUT2D eigenvalue weighted by Gasteiger charge is 2.40. The standard InChI is InChI=1S/C24H23Cl2N5O/c1-16-21(23(32)30-13-11-29(12-14-30)18-5-3-2-4-6-18)22(31-10-9-27-24(31)28-16)17-7-8-19(25)20(26)15-17/h2-10,15,21-22H,11-14H2,1H3. The van der Waals surface area contributed by atoms with Gasteiger partial charge in [-0.3, -0.25) is 4.79 Å². The van der Waals surface area contributed by atoms with Gasteiger partial charge in [-0.1, -0.05) is 47.5 Å². The first-order valence-corrected chi connectivity index (χ1v) is 11.4. The van der Waals surface area contributed by atoms with Crippen LogP contribution in [0.25, 0.3) is 0 Å². The molecule has 0 N–H and O–H groups in total. The summed E-state index contributed by atoms with van der Waals surface area (Å²) in [5, 5.41) is 0.955. The molecule has 1 amide bonds. The van der Waals surface area contributed by atoms with Crippen molar-refractivity contribution < 1.29 is 4.79 Å². The highest BCUT2D eigenvalue weighted by molar-refractivity contribution is 6.42. The number of halogens is 2. The van der Waals surface area contributed by atoms with Gasteiger partial charge in [0, 0.05) is 50.0 Å². The van der Waals surface area contributed by atoms with Gasteiger partial charge in [0.25, 0.3) is 0 Å². The second-order valence-electron chi connectivity index (χ2n) is 8.13. The van der Waals surface area contributed by atoms with Crippen LogP contribution in [0.3, 0.4) is 0 Å². The maximum absolute atomic E-state index is 13.8. The Morgan fingerprint density at radius 3 is 2.47 bits per heavy atom. The quantitative estimate of drug-likeness (QED) is 0.552. The summed E-state index contributed by atoms with van der Waals surface area (Å²) in [6.45, 7) is 4.84. The topological polar surface area (TPSA) is 53.7 Å². The van der Waals surface area contributed by atoms with E-state index in [2.05, 4.69) is 27.0 Å². The zero-order valence-corrected chi connectivity index (χ0v) is 19.2. The van der Waals surface area contributed by atoms with Crippen molar-refractivity contribution >= 4 is 46.5 Å². The van der Waals surface area contributed by atoms with Gasteiger partial charge < -0.3 is 14.4 Å². The number of piperazine rings is 1. The van der Waals surface area contributed by atoms with E-state index in [1.165, 1.54) is 5.69 Å². The van der Waals surface area contributed by atoms with Crippen molar-refractivity contribution in [3.8, 4) is 0 Å². The number of aromatic nitrogens is 2. The molecule has 0 saturated carbocycles. The molecule has 0 radical (unpaired) electrons. The van der Waals surface area contributed by atoms with E-state index < -0.39 is 5.92 Å². The minimum Gasteiger partial charge on any atom is -0.368 e. The molecule has 0 bridgehead atoms. The van der Waals surface area contributed by atoms with Gasteiger partial charge in [0.1, 0.15) is 5.92 Å². The molecule has 8 heteroatoms. The highest BCUT2D eigenvalue weighted by Crippen LogP contribution is 2.39. The number of hydrogen-bond acceptors (Lipinski definition) is 4. The van der Waals surface area contributed by atoms with Gasteiger partial charge in [-0.05, 0) is 36.8 Å². The van der Waals surface area contributed by atoms with Crippen LogP contribution < -0.4 is 4.90 Å². The maximum atomic E-state index is 13.8. The Labute approximate surface area is 197 Å². The molecular formula is C24H23Cl2N5O. The number of carbonyl (C=O) groups is 1. The molecule has 5 rings (SSSR count). The third-order valence-electron chi connectivity index (χ3n) is 6.25. The van der Waals surface area contributed by atoms with Crippen LogP contribution >= 0.6 is 23.2 Å². The molecule has 164 valence electrons. The van der Waals surface area contributed by atoms with Crippen LogP contribution in [0.5, 0.6) is 0 Å². The molecule has 1 fully saturated rings. The van der Waals surface area contributed by atoms with Crippen LogP contribution in [0.4, 0.5) is 11.6 Å². The molecule has 2 unspecified atom stereocenters. The van der Waals surface area contributed by atoms with E-state index in [1.807, 2.05) is 52.9 Å². The molecule has 2 aliphatic heterocycles. The molecule has 0 aliphatic carbocycles. The molecule has 3 heterocycles. The van der Waals surface area contributed by atoms with Crippen LogP contribution in [0.2, 0.25) is 10.0 Å². The lowest BCUT2D eigenvalue weighted by Gasteiger charge is -2.40. The predicted molar refractivity (Wildman–Crippen MR) is 128 cm³/mol. The fraction of sp³-hybridized carbons (Fsp3) is 0.292. The summed E-state index contributed by atoms with van der Waals surface area (Å²) in [7, 11) is 0. The number of para-hydroxylation sites is 1. The van der Waals surface area contributed by atoms with E-state index >= 15 is 0 Å². The fourth-order valence-corrected chi connectivity index (χ4v) is 4.92. The molecule has 2 aromatic carbocycles. The second-order valence-corrected chi connectivity index (χ2v) is 8.95. The first-order chi connectivity index (χ1) is 15.5. The van der Waals surface area contributed by atoms with Crippen molar-refractivity contribution in [1.29, 1.82) is 0 Å². The minimum absolute atomic E-state index is 0.0781. The average molecular weight is 468 g/mol. The first kappa shape index (κ1) is 21.0. The van der Waals surface area contributed by atoms with Crippen molar-refractivity contribution in [3.05, 3.63) is 76.5 Å². The van der Waals surface area contributed by atoms with Crippen LogP contribution in [0, 0.1) is 5.92 Å². The van der Waals surface area contributed by atoms with Crippen molar-refractivity contribution in [2.45, 2.75) is 13.0 Å². The Morgan fingerprint density at radius 1 is 1.00 bits per heavy atom. The smallest absolute Gasteiger partial charge is 0.233 e. The average Bonchev–Trinajstić information content (AvgIpc) is 3.28. The molecular weight excluding hydrogens is 445 g/mol. The second kappa shape index (κ2) is 8.60. The predicted octanol–water partition coefficient (Wildman–Crippen LogP) is 4.85. The van der Waals surface area contributed by atoms with Gasteiger partial charge >= 0.3 is 0 Å². The Hall–Kier alpha value is -2.83. The van der Waals surface area contributed by atoms with Crippen LogP contribution in [-0.2, 0) is 4.79 Å². The zero-order valence-electron chi connectivity index (χ0n) is 17.7. The number of rotatable bonds is 3. The number of imidazole rings is 1. The summed E-state index contributed by atoms with van der Waals surface area (Å²) in [6, 6.07) is 15.6. The zero-order chi connectivity index (χ0) is 22.2. The van der Waals surface area contributed by atoms with Gasteiger partial charge in [-0.2, -0.15) is 0 Å². The Kier molecular flexibility index (Phi) is 5.66. The van der Waals surface area contributed by atoms with E-state index in [-0.39, 0.29) is 11.9 Å². The number of nitrogens with zero attached hydrogens (tertiary/aromatic N) is 5. The molecule has 0 spiro atoms.